The molecule has 1 fully saturated rings. The summed E-state index contributed by atoms with van der Waals surface area (Å²) in [5.41, 5.74) is 1.41. The minimum absolute atomic E-state index is 0.137. The monoisotopic (exact) mass is 428 g/mol. The van der Waals surface area contributed by atoms with Gasteiger partial charge in [0.25, 0.3) is 0 Å². The third-order valence-electron chi connectivity index (χ3n) is 5.24. The molecule has 29 heavy (non-hydrogen) atoms. The first-order valence-electron chi connectivity index (χ1n) is 9.46. The van der Waals surface area contributed by atoms with E-state index in [2.05, 4.69) is 35.1 Å². The van der Waals surface area contributed by atoms with E-state index < -0.39 is 22.9 Å². The fraction of sp³-hybridized carbons (Fsp3) is 0.500. The quantitative estimate of drug-likeness (QED) is 0.737. The summed E-state index contributed by atoms with van der Waals surface area (Å²) in [6.45, 7) is 8.31. The van der Waals surface area contributed by atoms with Crippen LogP contribution in [0.4, 0.5) is 13.2 Å². The number of carbonyl (C=O) groups is 1. The highest BCUT2D eigenvalue weighted by molar-refractivity contribution is 6.32. The van der Waals surface area contributed by atoms with Gasteiger partial charge in [0.2, 0.25) is 5.91 Å². The Morgan fingerprint density at radius 2 is 1.86 bits per heavy atom. The van der Waals surface area contributed by atoms with Gasteiger partial charge in [-0.15, -0.1) is 0 Å². The molecule has 1 aliphatic heterocycles. The Morgan fingerprint density at radius 1 is 1.21 bits per heavy atom. The number of piperazine rings is 1. The van der Waals surface area contributed by atoms with E-state index in [1.54, 1.807) is 11.8 Å². The number of hydrogen-bond acceptors (Lipinski definition) is 3. The predicted octanol–water partition coefficient (Wildman–Crippen LogP) is 4.08. The maximum atomic E-state index is 13.0. The van der Waals surface area contributed by atoms with Crippen molar-refractivity contribution in [3.63, 3.8) is 0 Å². The number of aromatic nitrogens is 2. The van der Waals surface area contributed by atoms with Crippen molar-refractivity contribution < 1.29 is 18.0 Å². The molecule has 0 spiro atoms. The first-order valence-corrected chi connectivity index (χ1v) is 9.84. The molecule has 1 aromatic carbocycles. The minimum Gasteiger partial charge on any atom is -0.338 e. The molecule has 5 nitrogen and oxygen atoms in total. The third-order valence-corrected chi connectivity index (χ3v) is 5.69. The second kappa shape index (κ2) is 8.36. The van der Waals surface area contributed by atoms with Crippen LogP contribution < -0.4 is 0 Å². The summed E-state index contributed by atoms with van der Waals surface area (Å²) in [5, 5.41) is 3.12. The minimum atomic E-state index is -4.66. The van der Waals surface area contributed by atoms with Crippen LogP contribution in [0.5, 0.6) is 0 Å². The second-order valence-corrected chi connectivity index (χ2v) is 7.83. The fourth-order valence-electron chi connectivity index (χ4n) is 3.62. The van der Waals surface area contributed by atoms with E-state index >= 15 is 0 Å². The summed E-state index contributed by atoms with van der Waals surface area (Å²) in [4.78, 5) is 16.8. The summed E-state index contributed by atoms with van der Waals surface area (Å²) in [6, 6.07) is 7.44. The van der Waals surface area contributed by atoms with Crippen molar-refractivity contribution >= 4 is 17.5 Å². The van der Waals surface area contributed by atoms with E-state index in [1.165, 1.54) is 18.1 Å². The van der Waals surface area contributed by atoms with Crippen molar-refractivity contribution in [2.45, 2.75) is 39.5 Å². The van der Waals surface area contributed by atoms with E-state index in [0.717, 1.165) is 11.2 Å². The maximum absolute atomic E-state index is 13.0. The summed E-state index contributed by atoms with van der Waals surface area (Å²) in [7, 11) is 0. The average Bonchev–Trinajstić information content (AvgIpc) is 2.96. The lowest BCUT2D eigenvalue weighted by atomic mass is 10.1. The summed E-state index contributed by atoms with van der Waals surface area (Å²) < 4.78 is 40.2. The van der Waals surface area contributed by atoms with E-state index in [4.69, 9.17) is 11.6 Å². The van der Waals surface area contributed by atoms with Crippen molar-refractivity contribution in [3.8, 4) is 0 Å². The van der Waals surface area contributed by atoms with Gasteiger partial charge in [-0.25, -0.2) is 0 Å². The van der Waals surface area contributed by atoms with Crippen LogP contribution in [0.3, 0.4) is 0 Å². The molecule has 1 aromatic heterocycles. The smallest absolute Gasteiger partial charge is 0.338 e. The second-order valence-electron chi connectivity index (χ2n) is 7.46. The van der Waals surface area contributed by atoms with E-state index in [9.17, 15) is 18.0 Å². The van der Waals surface area contributed by atoms with Gasteiger partial charge in [0.05, 0.1) is 10.7 Å². The summed E-state index contributed by atoms with van der Waals surface area (Å²) >= 11 is 5.81. The number of carbonyl (C=O) groups excluding carboxylic acids is 1. The molecule has 0 bridgehead atoms. The molecule has 0 radical (unpaired) electrons. The number of benzene rings is 1. The molecular formula is C20H24ClF3N4O. The highest BCUT2D eigenvalue weighted by atomic mass is 35.5. The highest BCUT2D eigenvalue weighted by Crippen LogP contribution is 2.36. The van der Waals surface area contributed by atoms with Gasteiger partial charge in [0.1, 0.15) is 6.04 Å². The Kier molecular flexibility index (Phi) is 6.24. The van der Waals surface area contributed by atoms with Gasteiger partial charge >= 0.3 is 6.18 Å². The van der Waals surface area contributed by atoms with Gasteiger partial charge in [-0.1, -0.05) is 41.4 Å². The lowest BCUT2D eigenvalue weighted by molar-refractivity contribution is -0.142. The molecule has 3 rings (SSSR count). The predicted molar refractivity (Wildman–Crippen MR) is 105 cm³/mol. The van der Waals surface area contributed by atoms with Crippen molar-refractivity contribution in [3.05, 3.63) is 51.8 Å². The molecule has 1 aliphatic rings. The zero-order valence-electron chi connectivity index (χ0n) is 16.6. The number of alkyl halides is 3. The Hall–Kier alpha value is -2.06. The molecule has 0 aliphatic carbocycles. The van der Waals surface area contributed by atoms with Gasteiger partial charge in [-0.05, 0) is 26.3 Å². The van der Waals surface area contributed by atoms with Crippen LogP contribution in [0.1, 0.15) is 35.5 Å². The topological polar surface area (TPSA) is 41.4 Å². The Labute approximate surface area is 173 Å². The Bertz CT molecular complexity index is 888. The van der Waals surface area contributed by atoms with Crippen LogP contribution >= 0.6 is 11.6 Å². The first-order chi connectivity index (χ1) is 13.6. The largest absolute Gasteiger partial charge is 0.436 e. The zero-order valence-corrected chi connectivity index (χ0v) is 17.4. The third kappa shape index (κ3) is 4.75. The fourth-order valence-corrected chi connectivity index (χ4v) is 3.85. The van der Waals surface area contributed by atoms with Gasteiger partial charge < -0.3 is 4.90 Å². The SMILES string of the molecule is Cc1cccc(CN2CCN(C(=O)C(C)n3nc(C(F)(F)F)c(Cl)c3C)CC2)c1. The molecule has 0 N–H and O–H groups in total. The molecule has 1 atom stereocenters. The van der Waals surface area contributed by atoms with Crippen LogP contribution in [0.2, 0.25) is 5.02 Å². The van der Waals surface area contributed by atoms with E-state index in [-0.39, 0.29) is 11.6 Å². The standard InChI is InChI=1S/C20H24ClF3N4O/c1-13-5-4-6-16(11-13)12-26-7-9-27(10-8-26)19(29)15(3)28-14(2)17(21)18(25-28)20(22,23)24/h4-6,11,15H,7-10,12H2,1-3H3. The van der Waals surface area contributed by atoms with Crippen LogP contribution in [0.15, 0.2) is 24.3 Å². The van der Waals surface area contributed by atoms with Gasteiger partial charge in [-0.3, -0.25) is 14.4 Å². The van der Waals surface area contributed by atoms with Crippen molar-refractivity contribution in [2.75, 3.05) is 26.2 Å². The number of rotatable bonds is 4. The molecule has 2 aromatic rings. The lowest BCUT2D eigenvalue weighted by Crippen LogP contribution is -2.50. The van der Waals surface area contributed by atoms with Gasteiger partial charge in [0.15, 0.2) is 5.69 Å². The Balaban J connectivity index is 1.63. The van der Waals surface area contributed by atoms with Crippen molar-refractivity contribution in [1.29, 1.82) is 0 Å². The van der Waals surface area contributed by atoms with Crippen LogP contribution in [0, 0.1) is 13.8 Å². The zero-order chi connectivity index (χ0) is 21.3. The highest BCUT2D eigenvalue weighted by Gasteiger charge is 2.39. The molecular weight excluding hydrogens is 405 g/mol. The van der Waals surface area contributed by atoms with Crippen molar-refractivity contribution in [1.82, 2.24) is 19.6 Å². The maximum Gasteiger partial charge on any atom is 0.436 e. The van der Waals surface area contributed by atoms with Crippen LogP contribution in [0.25, 0.3) is 0 Å². The molecule has 0 saturated carbocycles. The summed E-state index contributed by atoms with van der Waals surface area (Å²) in [6.07, 6.45) is -4.66. The molecule has 158 valence electrons. The molecule has 2 heterocycles. The van der Waals surface area contributed by atoms with Crippen LogP contribution in [-0.4, -0.2) is 51.7 Å². The normalized spacial score (nSPS) is 16.9. The average molecular weight is 429 g/mol. The molecule has 1 saturated heterocycles. The number of hydrogen-bond donors (Lipinski definition) is 0. The first kappa shape index (κ1) is 21.6. The number of halogens is 4. The molecule has 9 heteroatoms. The number of nitrogens with zero attached hydrogens (tertiary/aromatic N) is 4. The van der Waals surface area contributed by atoms with E-state index in [0.29, 0.717) is 26.2 Å². The number of amides is 1. The molecule has 1 amide bonds. The molecule has 1 unspecified atom stereocenters. The van der Waals surface area contributed by atoms with Crippen molar-refractivity contribution in [2.24, 2.45) is 0 Å². The number of aryl methyl sites for hydroxylation is 1. The van der Waals surface area contributed by atoms with Gasteiger partial charge in [0, 0.05) is 32.7 Å². The Morgan fingerprint density at radius 3 is 2.41 bits per heavy atom. The van der Waals surface area contributed by atoms with Crippen LogP contribution in [-0.2, 0) is 17.5 Å². The van der Waals surface area contributed by atoms with Gasteiger partial charge in [-0.2, -0.15) is 18.3 Å². The summed E-state index contributed by atoms with van der Waals surface area (Å²) in [5.74, 6) is -0.254. The lowest BCUT2D eigenvalue weighted by Gasteiger charge is -2.36. The van der Waals surface area contributed by atoms with E-state index in [1.807, 2.05) is 6.07 Å².